The number of thiazole rings is 1. The molecule has 0 fully saturated rings. The van der Waals surface area contributed by atoms with E-state index in [2.05, 4.69) is 38.7 Å². The molecule has 0 saturated carbocycles. The van der Waals surface area contributed by atoms with Crippen LogP contribution in [0.1, 0.15) is 21.3 Å². The highest BCUT2D eigenvalue weighted by atomic mass is 127. The molecule has 8 heteroatoms. The summed E-state index contributed by atoms with van der Waals surface area (Å²) >= 11 is 1.72. The second kappa shape index (κ2) is 9.14. The monoisotopic (exact) mass is 470 g/mol. The Balaban J connectivity index is 0.00000225. The minimum absolute atomic E-state index is 0. The average molecular weight is 470 g/mol. The minimum atomic E-state index is 0. The van der Waals surface area contributed by atoms with Crippen LogP contribution in [0.3, 0.4) is 0 Å². The first-order valence-corrected chi connectivity index (χ1v) is 8.77. The summed E-state index contributed by atoms with van der Waals surface area (Å²) in [6.45, 7) is 5.60. The lowest BCUT2D eigenvalue weighted by Gasteiger charge is -2.10. The van der Waals surface area contributed by atoms with Gasteiger partial charge in [0.05, 0.1) is 17.9 Å². The number of halogens is 1. The molecule has 6 nitrogen and oxygen atoms in total. The van der Waals surface area contributed by atoms with Crippen LogP contribution < -0.4 is 10.6 Å². The second-order valence-corrected chi connectivity index (χ2v) is 6.84. The number of nitrogens with one attached hydrogen (secondary N) is 2. The smallest absolute Gasteiger partial charge is 0.191 e. The first-order valence-electron chi connectivity index (χ1n) is 7.96. The molecule has 2 N–H and O–H groups in total. The van der Waals surface area contributed by atoms with Gasteiger partial charge in [-0.2, -0.15) is 0 Å². The number of nitrogens with zero attached hydrogens (tertiary/aromatic N) is 4. The number of aliphatic imine (C=N–C) groups is 1. The van der Waals surface area contributed by atoms with Gasteiger partial charge < -0.3 is 15.0 Å². The molecule has 0 aliphatic rings. The fourth-order valence-electron chi connectivity index (χ4n) is 2.41. The highest BCUT2D eigenvalue weighted by Crippen LogP contribution is 2.15. The van der Waals surface area contributed by atoms with Crippen molar-refractivity contribution >= 4 is 46.9 Å². The van der Waals surface area contributed by atoms with Gasteiger partial charge in [0.25, 0.3) is 0 Å². The molecular formula is C17H23IN6S. The van der Waals surface area contributed by atoms with Crippen LogP contribution in [0.15, 0.2) is 35.6 Å². The van der Waals surface area contributed by atoms with E-state index < -0.39 is 0 Å². The van der Waals surface area contributed by atoms with E-state index in [0.717, 1.165) is 41.0 Å². The Labute approximate surface area is 168 Å². The molecule has 0 unspecified atom stereocenters. The Hall–Kier alpha value is -1.68. The summed E-state index contributed by atoms with van der Waals surface area (Å²) in [5.41, 5.74) is 3.14. The van der Waals surface area contributed by atoms with E-state index in [1.807, 2.05) is 35.7 Å². The Morgan fingerprint density at radius 3 is 2.76 bits per heavy atom. The van der Waals surface area contributed by atoms with Gasteiger partial charge in [0.15, 0.2) is 5.96 Å². The minimum Gasteiger partial charge on any atom is -0.356 e. The molecule has 0 radical (unpaired) electrons. The van der Waals surface area contributed by atoms with Crippen molar-refractivity contribution in [3.8, 4) is 0 Å². The number of hydrogen-bond donors (Lipinski definition) is 2. The van der Waals surface area contributed by atoms with Crippen molar-refractivity contribution in [2.45, 2.75) is 26.8 Å². The number of hydrogen-bond acceptors (Lipinski definition) is 4. The van der Waals surface area contributed by atoms with Gasteiger partial charge in [-0.25, -0.2) is 9.97 Å². The largest absolute Gasteiger partial charge is 0.356 e. The predicted octanol–water partition coefficient (Wildman–Crippen LogP) is 2.93. The van der Waals surface area contributed by atoms with Crippen LogP contribution in [-0.4, -0.2) is 33.9 Å². The van der Waals surface area contributed by atoms with Gasteiger partial charge in [0.2, 0.25) is 0 Å². The molecule has 0 spiro atoms. The quantitative estimate of drug-likeness (QED) is 0.342. The Kier molecular flexibility index (Phi) is 7.18. The van der Waals surface area contributed by atoms with Crippen LogP contribution in [0.2, 0.25) is 0 Å². The maximum Gasteiger partial charge on any atom is 0.191 e. The van der Waals surface area contributed by atoms with E-state index in [4.69, 9.17) is 0 Å². The normalized spacial score (nSPS) is 11.4. The molecule has 0 amide bonds. The maximum absolute atomic E-state index is 4.60. The summed E-state index contributed by atoms with van der Waals surface area (Å²) in [5, 5.41) is 7.70. The fourth-order valence-corrected chi connectivity index (χ4v) is 3.29. The highest BCUT2D eigenvalue weighted by Gasteiger charge is 2.05. The number of aromatic nitrogens is 3. The van der Waals surface area contributed by atoms with Crippen molar-refractivity contribution in [1.82, 2.24) is 25.0 Å². The molecule has 0 aliphatic carbocycles. The predicted molar refractivity (Wildman–Crippen MR) is 114 cm³/mol. The average Bonchev–Trinajstić information content (AvgIpc) is 3.13. The van der Waals surface area contributed by atoms with Crippen LogP contribution in [0, 0.1) is 13.8 Å². The van der Waals surface area contributed by atoms with Crippen LogP contribution in [0.5, 0.6) is 0 Å². The third kappa shape index (κ3) is 5.15. The van der Waals surface area contributed by atoms with Crippen molar-refractivity contribution in [1.29, 1.82) is 0 Å². The first-order chi connectivity index (χ1) is 11.7. The maximum atomic E-state index is 4.60. The molecule has 0 aromatic carbocycles. The van der Waals surface area contributed by atoms with Crippen LogP contribution >= 0.6 is 35.3 Å². The van der Waals surface area contributed by atoms with Gasteiger partial charge >= 0.3 is 0 Å². The summed E-state index contributed by atoms with van der Waals surface area (Å²) in [6.07, 6.45) is 4.92. The molecule has 0 atom stereocenters. The molecule has 3 rings (SSSR count). The van der Waals surface area contributed by atoms with E-state index in [9.17, 15) is 0 Å². The van der Waals surface area contributed by atoms with E-state index >= 15 is 0 Å². The lowest BCUT2D eigenvalue weighted by molar-refractivity contribution is 0.783. The van der Waals surface area contributed by atoms with Gasteiger partial charge in [0.1, 0.15) is 10.7 Å². The van der Waals surface area contributed by atoms with Crippen molar-refractivity contribution in [3.05, 3.63) is 51.9 Å². The molecule has 3 aromatic rings. The van der Waals surface area contributed by atoms with E-state index in [1.54, 1.807) is 18.4 Å². The van der Waals surface area contributed by atoms with Crippen LogP contribution in [0.4, 0.5) is 0 Å². The molecule has 0 aliphatic heterocycles. The molecule has 0 saturated heterocycles. The Morgan fingerprint density at radius 1 is 1.24 bits per heavy atom. The zero-order chi connectivity index (χ0) is 16.9. The van der Waals surface area contributed by atoms with Gasteiger partial charge in [-0.05, 0) is 26.0 Å². The standard InChI is InChI=1S/C17H22N6S.HI/c1-12-13(2)24-16(21-12)10-20-17(18-3)19-8-7-14-11-23-9-5-4-6-15(23)22-14;/h4-6,9,11H,7-8,10H2,1-3H3,(H2,18,19,20);1H. The number of imidazole rings is 1. The third-order valence-electron chi connectivity index (χ3n) is 3.79. The topological polar surface area (TPSA) is 66.6 Å². The summed E-state index contributed by atoms with van der Waals surface area (Å²) < 4.78 is 2.04. The molecule has 25 heavy (non-hydrogen) atoms. The van der Waals surface area contributed by atoms with Gasteiger partial charge in [-0.1, -0.05) is 6.07 Å². The number of guanidine groups is 1. The number of pyridine rings is 1. The summed E-state index contributed by atoms with van der Waals surface area (Å²) in [7, 11) is 1.78. The number of aryl methyl sites for hydroxylation is 2. The van der Waals surface area contributed by atoms with E-state index in [0.29, 0.717) is 6.54 Å². The molecule has 3 heterocycles. The molecular weight excluding hydrogens is 447 g/mol. The van der Waals surface area contributed by atoms with Crippen molar-refractivity contribution < 1.29 is 0 Å². The number of rotatable bonds is 5. The zero-order valence-corrected chi connectivity index (χ0v) is 17.8. The molecule has 3 aromatic heterocycles. The van der Waals surface area contributed by atoms with Crippen LogP contribution in [-0.2, 0) is 13.0 Å². The van der Waals surface area contributed by atoms with E-state index in [1.165, 1.54) is 4.88 Å². The second-order valence-electron chi connectivity index (χ2n) is 5.55. The van der Waals surface area contributed by atoms with Crippen molar-refractivity contribution in [3.63, 3.8) is 0 Å². The van der Waals surface area contributed by atoms with Crippen molar-refractivity contribution in [2.75, 3.05) is 13.6 Å². The van der Waals surface area contributed by atoms with Gasteiger partial charge in [0, 0.05) is 37.3 Å². The first kappa shape index (κ1) is 19.6. The molecule has 134 valence electrons. The van der Waals surface area contributed by atoms with E-state index in [-0.39, 0.29) is 24.0 Å². The SMILES string of the molecule is CN=C(NCCc1cn2ccccc2n1)NCc1nc(C)c(C)s1.I. The summed E-state index contributed by atoms with van der Waals surface area (Å²) in [4.78, 5) is 14.6. The van der Waals surface area contributed by atoms with Gasteiger partial charge in [-0.15, -0.1) is 35.3 Å². The zero-order valence-electron chi connectivity index (χ0n) is 14.6. The van der Waals surface area contributed by atoms with Crippen LogP contribution in [0.25, 0.3) is 5.65 Å². The Morgan fingerprint density at radius 2 is 2.08 bits per heavy atom. The summed E-state index contributed by atoms with van der Waals surface area (Å²) in [6, 6.07) is 6.01. The highest BCUT2D eigenvalue weighted by molar-refractivity contribution is 14.0. The van der Waals surface area contributed by atoms with Crippen molar-refractivity contribution in [2.24, 2.45) is 4.99 Å². The lowest BCUT2D eigenvalue weighted by Crippen LogP contribution is -2.37. The Bertz CT molecular complexity index is 801. The van der Waals surface area contributed by atoms with Gasteiger partial charge in [-0.3, -0.25) is 4.99 Å². The third-order valence-corrected chi connectivity index (χ3v) is 4.86. The fraction of sp³-hybridized carbons (Fsp3) is 0.353. The number of fused-ring (bicyclic) bond motifs is 1. The summed E-state index contributed by atoms with van der Waals surface area (Å²) in [5.74, 6) is 0.782. The lowest BCUT2D eigenvalue weighted by atomic mass is 10.3. The molecule has 0 bridgehead atoms.